The van der Waals surface area contributed by atoms with Gasteiger partial charge in [0.1, 0.15) is 31.7 Å². The molecule has 14 nitrogen and oxygen atoms in total. The van der Waals surface area contributed by atoms with Crippen LogP contribution in [-0.4, -0.2) is 112 Å². The molecule has 0 bridgehead atoms. The van der Waals surface area contributed by atoms with Crippen LogP contribution in [0.3, 0.4) is 0 Å². The molecule has 0 N–H and O–H groups in total. The third kappa shape index (κ3) is 9.71. The first kappa shape index (κ1) is 42.1. The van der Waals surface area contributed by atoms with Gasteiger partial charge in [0, 0.05) is 62.3 Å². The molecule has 1 aliphatic rings. The molecule has 1 saturated heterocycles. The number of anilines is 4. The van der Waals surface area contributed by atoms with Crippen molar-refractivity contribution < 1.29 is 37.5 Å². The van der Waals surface area contributed by atoms with E-state index in [0.29, 0.717) is 93.2 Å². The van der Waals surface area contributed by atoms with Crippen molar-refractivity contribution >= 4 is 56.4 Å². The fourth-order valence-electron chi connectivity index (χ4n) is 6.71. The summed E-state index contributed by atoms with van der Waals surface area (Å²) in [5.41, 5.74) is 2.68. The lowest BCUT2D eigenvalue weighted by Crippen LogP contribution is -2.37. The summed E-state index contributed by atoms with van der Waals surface area (Å²) < 4.78 is 55.5. The molecule has 0 spiro atoms. The van der Waals surface area contributed by atoms with E-state index in [0.717, 1.165) is 39.3 Å². The van der Waals surface area contributed by atoms with Gasteiger partial charge >= 0.3 is 0 Å². The third-order valence-electron chi connectivity index (χ3n) is 9.66. The maximum absolute atomic E-state index is 15.0. The van der Waals surface area contributed by atoms with E-state index in [9.17, 15) is 4.39 Å². The summed E-state index contributed by atoms with van der Waals surface area (Å²) in [6.07, 6.45) is 9.64. The van der Waals surface area contributed by atoms with Gasteiger partial charge in [0.05, 0.1) is 67.6 Å². The molecule has 6 aromatic rings. The predicted octanol–water partition coefficient (Wildman–Crippen LogP) is 7.40. The van der Waals surface area contributed by atoms with Gasteiger partial charge in [-0.25, -0.2) is 34.3 Å². The minimum atomic E-state index is -0.599. The lowest BCUT2D eigenvalue weighted by molar-refractivity contribution is 0.0357. The van der Waals surface area contributed by atoms with Gasteiger partial charge in [-0.2, -0.15) is 0 Å². The quantitative estimate of drug-likeness (QED) is 0.0457. The molecule has 0 amide bonds. The summed E-state index contributed by atoms with van der Waals surface area (Å²) in [4.78, 5) is 21.4. The van der Waals surface area contributed by atoms with Crippen LogP contribution in [0.2, 0.25) is 5.02 Å². The molecule has 312 valence electrons. The van der Waals surface area contributed by atoms with Crippen molar-refractivity contribution in [3.63, 3.8) is 0 Å². The summed E-state index contributed by atoms with van der Waals surface area (Å²) in [5.74, 6) is 4.77. The lowest BCUT2D eigenvalue weighted by Gasteiger charge is -2.37. The number of hydrogen-bond acceptors (Lipinski definition) is 14. The molecular weight excluding hydrogens is 793 g/mol. The van der Waals surface area contributed by atoms with Crippen molar-refractivity contribution in [1.29, 1.82) is 0 Å². The van der Waals surface area contributed by atoms with E-state index in [1.807, 2.05) is 41.4 Å². The minimum Gasteiger partial charge on any atom is -0.493 e. The van der Waals surface area contributed by atoms with Gasteiger partial charge in [-0.3, -0.25) is 4.90 Å². The second-order valence-corrected chi connectivity index (χ2v) is 13.9. The van der Waals surface area contributed by atoms with Gasteiger partial charge in [0.25, 0.3) is 0 Å². The minimum absolute atomic E-state index is 0.113. The predicted molar refractivity (Wildman–Crippen MR) is 228 cm³/mol. The first-order valence-electron chi connectivity index (χ1n) is 19.3. The molecule has 60 heavy (non-hydrogen) atoms. The number of methoxy groups -OCH3 is 3. The molecule has 16 heteroatoms. The monoisotopic (exact) mass is 837 g/mol. The number of nitrogens with zero attached hydrogens (tertiary/aromatic N) is 7. The van der Waals surface area contributed by atoms with Gasteiger partial charge in [-0.15, -0.1) is 6.42 Å². The molecular formula is C44H45ClFN7O7. The zero-order valence-electron chi connectivity index (χ0n) is 33.6. The molecule has 1 fully saturated rings. The van der Waals surface area contributed by atoms with E-state index in [4.69, 9.17) is 61.2 Å². The molecule has 1 aliphatic heterocycles. The largest absolute Gasteiger partial charge is 0.493 e. The van der Waals surface area contributed by atoms with Gasteiger partial charge in [-0.1, -0.05) is 23.6 Å². The van der Waals surface area contributed by atoms with E-state index in [-0.39, 0.29) is 18.2 Å². The Morgan fingerprint density at radius 1 is 0.717 bits per heavy atom. The van der Waals surface area contributed by atoms with Crippen LogP contribution in [0.1, 0.15) is 12.0 Å². The highest BCUT2D eigenvalue weighted by molar-refractivity contribution is 6.31. The standard InChI is InChI=1S/C44H45ClFN7O7/c1-5-30-8-6-9-31(22-30)52(43-34-25-41(59-20-18-54-2)42(60-21-19-55-3)27-38(34)48-29-49-43)53(32-10-11-36(46)35(45)23-32)44-33-24-40(39(56-4)26-37(33)47-28-50-44)58-15-7-12-51-13-16-57-17-14-51/h1,6,8-11,22-29H,7,12-21H2,2-4H3. The van der Waals surface area contributed by atoms with E-state index in [1.54, 1.807) is 44.5 Å². The van der Waals surface area contributed by atoms with Crippen LogP contribution < -0.4 is 29.0 Å². The molecule has 0 atom stereocenters. The first-order valence-corrected chi connectivity index (χ1v) is 19.7. The zero-order valence-corrected chi connectivity index (χ0v) is 34.4. The highest BCUT2D eigenvalue weighted by Gasteiger charge is 2.29. The lowest BCUT2D eigenvalue weighted by atomic mass is 10.1. The van der Waals surface area contributed by atoms with Crippen molar-refractivity contribution in [2.75, 3.05) is 97.2 Å². The number of rotatable bonds is 19. The van der Waals surface area contributed by atoms with Gasteiger partial charge < -0.3 is 33.2 Å². The average molecular weight is 838 g/mol. The van der Waals surface area contributed by atoms with Crippen molar-refractivity contribution in [1.82, 2.24) is 24.8 Å². The first-order chi connectivity index (χ1) is 29.4. The molecule has 7 rings (SSSR count). The van der Waals surface area contributed by atoms with Crippen molar-refractivity contribution in [3.05, 3.63) is 95.8 Å². The number of morpholine rings is 1. The van der Waals surface area contributed by atoms with Gasteiger partial charge in [0.15, 0.2) is 34.6 Å². The fourth-order valence-corrected chi connectivity index (χ4v) is 6.89. The number of hydrogen-bond donors (Lipinski definition) is 0. The molecule has 4 aromatic carbocycles. The van der Waals surface area contributed by atoms with Crippen LogP contribution in [0.4, 0.5) is 27.4 Å². The Morgan fingerprint density at radius 3 is 1.90 bits per heavy atom. The number of halogens is 2. The Morgan fingerprint density at radius 2 is 1.30 bits per heavy atom. The van der Waals surface area contributed by atoms with Crippen LogP contribution in [0.5, 0.6) is 23.0 Å². The third-order valence-corrected chi connectivity index (χ3v) is 9.95. The van der Waals surface area contributed by atoms with Gasteiger partial charge in [-0.05, 0) is 55.0 Å². The van der Waals surface area contributed by atoms with E-state index < -0.39 is 5.82 Å². The zero-order chi connectivity index (χ0) is 41.8. The Hall–Kier alpha value is -6.02. The summed E-state index contributed by atoms with van der Waals surface area (Å²) >= 11 is 6.54. The molecule has 0 unspecified atom stereocenters. The number of benzene rings is 4. The smallest absolute Gasteiger partial charge is 0.163 e. The number of hydrazine groups is 1. The normalized spacial score (nSPS) is 12.9. The maximum atomic E-state index is 15.0. The Labute approximate surface area is 352 Å². The van der Waals surface area contributed by atoms with Crippen LogP contribution >= 0.6 is 11.6 Å². The molecule has 0 saturated carbocycles. The number of terminal acetylenes is 1. The van der Waals surface area contributed by atoms with Crippen LogP contribution in [0.25, 0.3) is 21.8 Å². The van der Waals surface area contributed by atoms with E-state index in [1.165, 1.54) is 24.8 Å². The Balaban J connectivity index is 1.43. The van der Waals surface area contributed by atoms with Crippen molar-refractivity contribution in [3.8, 4) is 35.3 Å². The topological polar surface area (TPSA) is 126 Å². The fraction of sp³-hybridized carbons (Fsp3) is 0.318. The molecule has 2 aromatic heterocycles. The summed E-state index contributed by atoms with van der Waals surface area (Å²) in [5, 5.41) is 4.62. The Bertz CT molecular complexity index is 2450. The summed E-state index contributed by atoms with van der Waals surface area (Å²) in [7, 11) is 4.78. The van der Waals surface area contributed by atoms with Crippen LogP contribution in [0.15, 0.2) is 79.4 Å². The number of fused-ring (bicyclic) bond motifs is 2. The maximum Gasteiger partial charge on any atom is 0.163 e. The average Bonchev–Trinajstić information content (AvgIpc) is 3.28. The summed E-state index contributed by atoms with van der Waals surface area (Å²) in [6, 6.07) is 19.0. The van der Waals surface area contributed by atoms with E-state index in [2.05, 4.69) is 20.8 Å². The number of ether oxygens (including phenoxy) is 7. The molecule has 0 radical (unpaired) electrons. The van der Waals surface area contributed by atoms with Crippen molar-refractivity contribution in [2.45, 2.75) is 6.42 Å². The molecule has 0 aliphatic carbocycles. The second-order valence-electron chi connectivity index (χ2n) is 13.5. The molecule has 3 heterocycles. The SMILES string of the molecule is C#Cc1cccc(N(c2ncnc3cc(OCCOC)c(OCCOC)cc23)N(c2ccc(F)c(Cl)c2)c2ncnc3cc(OC)c(OCCCN4CCOCC4)cc23)c1. The summed E-state index contributed by atoms with van der Waals surface area (Å²) in [6.45, 7) is 5.73. The van der Waals surface area contributed by atoms with E-state index >= 15 is 0 Å². The van der Waals surface area contributed by atoms with Crippen LogP contribution in [0, 0.1) is 18.2 Å². The highest BCUT2D eigenvalue weighted by Crippen LogP contribution is 2.44. The highest BCUT2D eigenvalue weighted by atomic mass is 35.5. The van der Waals surface area contributed by atoms with Crippen LogP contribution in [-0.2, 0) is 14.2 Å². The van der Waals surface area contributed by atoms with Crippen molar-refractivity contribution in [2.24, 2.45) is 0 Å². The van der Waals surface area contributed by atoms with Gasteiger partial charge in [0.2, 0.25) is 0 Å². The Kier molecular flexibility index (Phi) is 14.2. The number of aromatic nitrogens is 4. The second kappa shape index (κ2) is 20.3.